The molecule has 37 heavy (non-hydrogen) atoms. The van der Waals surface area contributed by atoms with Crippen LogP contribution in [0.2, 0.25) is 0 Å². The Balaban J connectivity index is 1.73. The molecule has 5 aromatic carbocycles. The first-order valence-electron chi connectivity index (χ1n) is 12.4. The van der Waals surface area contributed by atoms with Crippen molar-refractivity contribution in [1.29, 1.82) is 0 Å². The molecule has 0 saturated heterocycles. The molecule has 186 valence electrons. The van der Waals surface area contributed by atoms with Crippen LogP contribution in [0.25, 0.3) is 0 Å². The molecule has 5 rings (SSSR count). The van der Waals surface area contributed by atoms with Gasteiger partial charge in [-0.25, -0.2) is 0 Å². The zero-order valence-electron chi connectivity index (χ0n) is 20.4. The van der Waals surface area contributed by atoms with Gasteiger partial charge in [0.2, 0.25) is 0 Å². The molecule has 5 aromatic rings. The summed E-state index contributed by atoms with van der Waals surface area (Å²) < 4.78 is 35.1. The van der Waals surface area contributed by atoms with Gasteiger partial charge in [0.15, 0.2) is 0 Å². The van der Waals surface area contributed by atoms with Crippen LogP contribution in [0.1, 0.15) is 11.1 Å². The van der Waals surface area contributed by atoms with Crippen molar-refractivity contribution in [2.45, 2.75) is 18.9 Å². The van der Waals surface area contributed by atoms with Crippen LogP contribution < -0.4 is 15.9 Å². The van der Waals surface area contributed by atoms with Gasteiger partial charge in [0.1, 0.15) is 0 Å². The van der Waals surface area contributed by atoms with Crippen molar-refractivity contribution in [2.24, 2.45) is 0 Å². The molecule has 0 aliphatic rings. The molecule has 0 bridgehead atoms. The van der Waals surface area contributed by atoms with E-state index in [4.69, 9.17) is 4.74 Å². The number of benzene rings is 5. The predicted molar refractivity (Wildman–Crippen MR) is 152 cm³/mol. The van der Waals surface area contributed by atoms with Gasteiger partial charge in [-0.3, -0.25) is 0 Å². The molecule has 0 aromatic heterocycles. The molecule has 0 fully saturated rings. The van der Waals surface area contributed by atoms with Crippen molar-refractivity contribution in [3.63, 3.8) is 0 Å². The van der Waals surface area contributed by atoms with Crippen LogP contribution in [0.15, 0.2) is 140 Å². The van der Waals surface area contributed by atoms with Crippen LogP contribution in [0.5, 0.6) is 0 Å². The summed E-state index contributed by atoms with van der Waals surface area (Å²) in [6.45, 7) is 0.413. The summed E-state index contributed by atoms with van der Waals surface area (Å²) in [5.41, 5.74) is 1.77. The molecular formula is C33H29F2OP. The Morgan fingerprint density at radius 2 is 0.973 bits per heavy atom. The molecule has 0 aliphatic heterocycles. The molecule has 0 amide bonds. The van der Waals surface area contributed by atoms with E-state index < -0.39 is 18.9 Å². The minimum atomic E-state index is -2.86. The Hall–Kier alpha value is -3.65. The number of ether oxygens (including phenoxy) is 1. The normalized spacial score (nSPS) is 12.7. The first-order chi connectivity index (χ1) is 18.2. The molecule has 0 N–H and O–H groups in total. The Morgan fingerprint density at radius 3 is 1.43 bits per heavy atom. The molecular weight excluding hydrogens is 481 g/mol. The van der Waals surface area contributed by atoms with Gasteiger partial charge in [-0.1, -0.05) is 0 Å². The van der Waals surface area contributed by atoms with Gasteiger partial charge in [-0.2, -0.15) is 0 Å². The third kappa shape index (κ3) is 5.39. The molecule has 0 heterocycles. The number of rotatable bonds is 9. The molecule has 1 atom stereocenters. The average molecular weight is 511 g/mol. The van der Waals surface area contributed by atoms with Gasteiger partial charge in [-0.15, -0.1) is 0 Å². The van der Waals surface area contributed by atoms with Gasteiger partial charge < -0.3 is 0 Å². The summed E-state index contributed by atoms with van der Waals surface area (Å²) in [5, 5.41) is 3.61. The van der Waals surface area contributed by atoms with E-state index in [1.54, 1.807) is 6.07 Å². The average Bonchev–Trinajstić information content (AvgIpc) is 2.96. The van der Waals surface area contributed by atoms with E-state index in [0.717, 1.165) is 5.56 Å². The summed E-state index contributed by atoms with van der Waals surface area (Å²) in [5.74, 6) is -1.99. The van der Waals surface area contributed by atoms with Crippen LogP contribution in [0.3, 0.4) is 0 Å². The summed E-state index contributed by atoms with van der Waals surface area (Å²) in [6, 6.07) is 45.8. The second-order valence-corrected chi connectivity index (χ2v) is 13.1. The van der Waals surface area contributed by atoms with E-state index >= 15 is 0 Å². The molecule has 1 unspecified atom stereocenters. The molecule has 0 radical (unpaired) electrons. The van der Waals surface area contributed by atoms with E-state index in [1.165, 1.54) is 28.0 Å². The van der Waals surface area contributed by atoms with Crippen LogP contribution in [-0.4, -0.2) is 5.85 Å². The van der Waals surface area contributed by atoms with Crippen LogP contribution in [0.4, 0.5) is 8.78 Å². The number of halogens is 2. The maximum absolute atomic E-state index is 14.3. The van der Waals surface area contributed by atoms with Crippen molar-refractivity contribution in [1.82, 2.24) is 0 Å². The Morgan fingerprint density at radius 1 is 0.514 bits per heavy atom. The second kappa shape index (κ2) is 11.6. The van der Waals surface area contributed by atoms with Crippen LogP contribution in [-0.2, 0) is 17.8 Å². The van der Waals surface area contributed by atoms with Gasteiger partial charge in [0.25, 0.3) is 0 Å². The maximum atomic E-state index is 14.3. The molecule has 0 saturated carbocycles. The van der Waals surface area contributed by atoms with Gasteiger partial charge in [0.05, 0.1) is 0 Å². The first kappa shape index (κ1) is 25.0. The number of hydrogen-bond donors (Lipinski definition) is 0. The minimum absolute atomic E-state index is 0.301. The van der Waals surface area contributed by atoms with Crippen LogP contribution in [0, 0.1) is 11.6 Å². The first-order valence-corrected chi connectivity index (χ1v) is 14.5. The monoisotopic (exact) mass is 510 g/mol. The summed E-state index contributed by atoms with van der Waals surface area (Å²) in [4.78, 5) is 0. The van der Waals surface area contributed by atoms with E-state index in [2.05, 4.69) is 72.8 Å². The predicted octanol–water partition coefficient (Wildman–Crippen LogP) is 6.78. The van der Waals surface area contributed by atoms with Crippen molar-refractivity contribution in [3.05, 3.63) is 162 Å². The third-order valence-corrected chi connectivity index (χ3v) is 11.9. The van der Waals surface area contributed by atoms with E-state index in [9.17, 15) is 8.78 Å². The zero-order valence-corrected chi connectivity index (χ0v) is 21.4. The van der Waals surface area contributed by atoms with E-state index in [0.29, 0.717) is 18.6 Å². The van der Waals surface area contributed by atoms with E-state index in [1.807, 2.05) is 48.5 Å². The van der Waals surface area contributed by atoms with Gasteiger partial charge in [0, 0.05) is 0 Å². The second-order valence-electron chi connectivity index (χ2n) is 9.14. The van der Waals surface area contributed by atoms with Crippen molar-refractivity contribution in [2.75, 3.05) is 0 Å². The Labute approximate surface area is 217 Å². The van der Waals surface area contributed by atoms with Gasteiger partial charge in [-0.05, 0) is 0 Å². The quantitative estimate of drug-likeness (QED) is 0.199. The molecule has 0 spiro atoms. The third-order valence-electron chi connectivity index (χ3n) is 6.87. The standard InChI is InChI=1S/C33H29F2OP/c34-31-22-21-27(23-32(31)35)24-33(36-25-26-13-5-1-6-14-26)37(28-15-7-2-8-16-28,29-17-9-3-10-18-29)30-19-11-4-12-20-30/h1-23,33,37H,24-25H2. The topological polar surface area (TPSA) is 9.23 Å². The fourth-order valence-electron chi connectivity index (χ4n) is 5.15. The molecule has 4 heteroatoms. The molecule has 1 nitrogen and oxygen atoms in total. The fraction of sp³-hybridized carbons (Fsp3) is 0.0909. The fourth-order valence-corrected chi connectivity index (χ4v) is 10.3. The van der Waals surface area contributed by atoms with Gasteiger partial charge >= 0.3 is 218 Å². The summed E-state index contributed by atoms with van der Waals surface area (Å²) in [6.07, 6.45) is 0.439. The molecule has 0 aliphatic carbocycles. The number of hydrogen-bond acceptors (Lipinski definition) is 1. The van der Waals surface area contributed by atoms with E-state index in [-0.39, 0.29) is 5.85 Å². The SMILES string of the molecule is Fc1ccc(CC(OCc2ccccc2)[PH](c2ccccc2)(c2ccccc2)c2ccccc2)cc1F. The van der Waals surface area contributed by atoms with Crippen molar-refractivity contribution >= 4 is 23.2 Å². The van der Waals surface area contributed by atoms with Crippen LogP contribution >= 0.6 is 7.26 Å². The summed E-state index contributed by atoms with van der Waals surface area (Å²) in [7, 11) is -2.86. The Bertz CT molecular complexity index is 1310. The Kier molecular flexibility index (Phi) is 7.84. The van der Waals surface area contributed by atoms with Crippen molar-refractivity contribution < 1.29 is 13.5 Å². The van der Waals surface area contributed by atoms with Crippen molar-refractivity contribution in [3.8, 4) is 0 Å². The summed E-state index contributed by atoms with van der Waals surface area (Å²) >= 11 is 0. The zero-order chi connectivity index (χ0) is 25.5.